The second-order valence-corrected chi connectivity index (χ2v) is 11.0. The van der Waals surface area contributed by atoms with Crippen LogP contribution in [0.3, 0.4) is 0 Å². The second kappa shape index (κ2) is 20.8. The Morgan fingerprint density at radius 3 is 2.20 bits per heavy atom. The molecule has 0 saturated heterocycles. The SMILES string of the molecule is CCCCCCCN(CCCCCCOC(=O)CC(C)CCCC(C)C)CCCn1ccnc1C. The van der Waals surface area contributed by atoms with Gasteiger partial charge in [0.15, 0.2) is 0 Å². The summed E-state index contributed by atoms with van der Waals surface area (Å²) in [6.45, 7) is 16.3. The third-order valence-electron chi connectivity index (χ3n) is 7.00. The summed E-state index contributed by atoms with van der Waals surface area (Å²) in [7, 11) is 0. The van der Waals surface area contributed by atoms with Crippen LogP contribution in [0.1, 0.15) is 123 Å². The monoisotopic (exact) mass is 491 g/mol. The van der Waals surface area contributed by atoms with Crippen molar-refractivity contribution in [1.29, 1.82) is 0 Å². The van der Waals surface area contributed by atoms with Crippen LogP contribution in [0.25, 0.3) is 0 Å². The first-order valence-electron chi connectivity index (χ1n) is 14.8. The van der Waals surface area contributed by atoms with E-state index in [-0.39, 0.29) is 5.97 Å². The van der Waals surface area contributed by atoms with Gasteiger partial charge in [-0.25, -0.2) is 4.98 Å². The van der Waals surface area contributed by atoms with Gasteiger partial charge in [-0.3, -0.25) is 4.79 Å². The molecular formula is C30H57N3O2. The fourth-order valence-corrected chi connectivity index (χ4v) is 4.68. The molecule has 0 N–H and O–H groups in total. The van der Waals surface area contributed by atoms with E-state index in [1.165, 1.54) is 83.8 Å². The quantitative estimate of drug-likeness (QED) is 0.116. The number of carbonyl (C=O) groups excluding carboxylic acids is 1. The van der Waals surface area contributed by atoms with Crippen molar-refractivity contribution >= 4 is 5.97 Å². The van der Waals surface area contributed by atoms with Gasteiger partial charge < -0.3 is 14.2 Å². The zero-order valence-corrected chi connectivity index (χ0v) is 23.9. The van der Waals surface area contributed by atoms with Crippen LogP contribution in [0.4, 0.5) is 0 Å². The van der Waals surface area contributed by atoms with Crippen LogP contribution < -0.4 is 0 Å². The lowest BCUT2D eigenvalue weighted by atomic mass is 9.97. The fraction of sp³-hybridized carbons (Fsp3) is 0.867. The molecular weight excluding hydrogens is 434 g/mol. The zero-order chi connectivity index (χ0) is 25.7. The molecule has 0 bridgehead atoms. The van der Waals surface area contributed by atoms with E-state index < -0.39 is 0 Å². The third-order valence-corrected chi connectivity index (χ3v) is 7.00. The van der Waals surface area contributed by atoms with Gasteiger partial charge in [0.05, 0.1) is 6.61 Å². The highest BCUT2D eigenvalue weighted by Crippen LogP contribution is 2.16. The van der Waals surface area contributed by atoms with E-state index >= 15 is 0 Å². The van der Waals surface area contributed by atoms with E-state index in [0.717, 1.165) is 37.5 Å². The smallest absolute Gasteiger partial charge is 0.306 e. The Bertz CT molecular complexity index is 629. The van der Waals surface area contributed by atoms with E-state index in [4.69, 9.17) is 4.74 Å². The lowest BCUT2D eigenvalue weighted by Gasteiger charge is -2.22. The lowest BCUT2D eigenvalue weighted by Crippen LogP contribution is -2.28. The van der Waals surface area contributed by atoms with Crippen LogP contribution in [0.5, 0.6) is 0 Å². The summed E-state index contributed by atoms with van der Waals surface area (Å²) < 4.78 is 7.75. The van der Waals surface area contributed by atoms with E-state index in [1.807, 2.05) is 6.20 Å². The Labute approximate surface area is 217 Å². The zero-order valence-electron chi connectivity index (χ0n) is 23.9. The van der Waals surface area contributed by atoms with Gasteiger partial charge in [-0.1, -0.05) is 85.5 Å². The molecule has 1 atom stereocenters. The number of aromatic nitrogens is 2. The van der Waals surface area contributed by atoms with Crippen LogP contribution >= 0.6 is 0 Å². The van der Waals surface area contributed by atoms with Crippen molar-refractivity contribution < 1.29 is 9.53 Å². The Morgan fingerprint density at radius 1 is 0.914 bits per heavy atom. The molecule has 0 radical (unpaired) electrons. The summed E-state index contributed by atoms with van der Waals surface area (Å²) >= 11 is 0. The maximum absolute atomic E-state index is 12.1. The van der Waals surface area contributed by atoms with E-state index in [0.29, 0.717) is 18.9 Å². The molecule has 0 saturated carbocycles. The molecule has 1 aromatic rings. The number of hydrogen-bond acceptors (Lipinski definition) is 4. The average molecular weight is 492 g/mol. The number of imidazole rings is 1. The number of aryl methyl sites for hydroxylation is 2. The summed E-state index contributed by atoms with van der Waals surface area (Å²) in [5.41, 5.74) is 0. The Kier molecular flexibility index (Phi) is 18.8. The van der Waals surface area contributed by atoms with Gasteiger partial charge in [-0.15, -0.1) is 0 Å². The fourth-order valence-electron chi connectivity index (χ4n) is 4.68. The van der Waals surface area contributed by atoms with Crippen molar-refractivity contribution in [1.82, 2.24) is 14.5 Å². The Hall–Kier alpha value is -1.36. The number of unbranched alkanes of at least 4 members (excludes halogenated alkanes) is 7. The molecule has 0 spiro atoms. The number of nitrogens with zero attached hydrogens (tertiary/aromatic N) is 3. The van der Waals surface area contributed by atoms with Crippen LogP contribution in [0.2, 0.25) is 0 Å². The average Bonchev–Trinajstić information content (AvgIpc) is 3.22. The molecule has 1 unspecified atom stereocenters. The van der Waals surface area contributed by atoms with Crippen LogP contribution in [-0.4, -0.2) is 46.7 Å². The largest absolute Gasteiger partial charge is 0.466 e. The van der Waals surface area contributed by atoms with Gasteiger partial charge in [-0.2, -0.15) is 0 Å². The molecule has 0 aliphatic rings. The first-order chi connectivity index (χ1) is 16.9. The summed E-state index contributed by atoms with van der Waals surface area (Å²) in [4.78, 5) is 19.1. The highest BCUT2D eigenvalue weighted by Gasteiger charge is 2.11. The summed E-state index contributed by atoms with van der Waals surface area (Å²) in [6, 6.07) is 0. The number of esters is 1. The van der Waals surface area contributed by atoms with E-state index in [9.17, 15) is 4.79 Å². The molecule has 0 aliphatic carbocycles. The first-order valence-corrected chi connectivity index (χ1v) is 14.8. The first kappa shape index (κ1) is 31.7. The van der Waals surface area contributed by atoms with Crippen molar-refractivity contribution in [2.75, 3.05) is 26.2 Å². The summed E-state index contributed by atoms with van der Waals surface area (Å²) in [5, 5.41) is 0. The van der Waals surface area contributed by atoms with Crippen molar-refractivity contribution in [3.63, 3.8) is 0 Å². The number of ether oxygens (including phenoxy) is 1. The number of carbonyl (C=O) groups is 1. The molecule has 35 heavy (non-hydrogen) atoms. The normalized spacial score (nSPS) is 12.5. The number of rotatable bonds is 23. The Morgan fingerprint density at radius 2 is 1.57 bits per heavy atom. The van der Waals surface area contributed by atoms with Gasteiger partial charge in [0.2, 0.25) is 0 Å². The minimum Gasteiger partial charge on any atom is -0.466 e. The van der Waals surface area contributed by atoms with Gasteiger partial charge in [0.25, 0.3) is 0 Å². The van der Waals surface area contributed by atoms with Crippen molar-refractivity contribution in [2.45, 2.75) is 131 Å². The molecule has 0 fully saturated rings. The molecule has 0 aliphatic heterocycles. The molecule has 5 heteroatoms. The molecule has 0 amide bonds. The highest BCUT2D eigenvalue weighted by atomic mass is 16.5. The number of hydrogen-bond donors (Lipinski definition) is 0. The molecule has 1 aromatic heterocycles. The molecule has 0 aromatic carbocycles. The van der Waals surface area contributed by atoms with Crippen molar-refractivity contribution in [3.8, 4) is 0 Å². The summed E-state index contributed by atoms with van der Waals surface area (Å²) in [6.07, 6.45) is 20.6. The van der Waals surface area contributed by atoms with Gasteiger partial charge in [-0.05, 0) is 64.1 Å². The van der Waals surface area contributed by atoms with E-state index in [1.54, 1.807) is 0 Å². The predicted molar refractivity (Wildman–Crippen MR) is 149 cm³/mol. The van der Waals surface area contributed by atoms with E-state index in [2.05, 4.69) is 55.3 Å². The van der Waals surface area contributed by atoms with Gasteiger partial charge in [0.1, 0.15) is 5.82 Å². The third kappa shape index (κ3) is 17.7. The molecule has 5 nitrogen and oxygen atoms in total. The molecule has 1 rings (SSSR count). The topological polar surface area (TPSA) is 47.4 Å². The minimum atomic E-state index is -0.00979. The maximum atomic E-state index is 12.1. The lowest BCUT2D eigenvalue weighted by molar-refractivity contribution is -0.144. The highest BCUT2D eigenvalue weighted by molar-refractivity contribution is 5.69. The van der Waals surface area contributed by atoms with Gasteiger partial charge in [0, 0.05) is 25.4 Å². The van der Waals surface area contributed by atoms with Gasteiger partial charge >= 0.3 is 5.97 Å². The standard InChI is InChI=1S/C30H57N3O2/c1-6-7-8-9-12-20-32(22-16-23-33-24-19-31-29(33)5)21-13-10-11-14-25-35-30(34)26-28(4)18-15-17-27(2)3/h19,24,27-28H,6-18,20-23,25-26H2,1-5H3. The van der Waals surface area contributed by atoms with Crippen molar-refractivity contribution in [2.24, 2.45) is 11.8 Å². The second-order valence-electron chi connectivity index (χ2n) is 11.0. The van der Waals surface area contributed by atoms with Crippen LogP contribution in [-0.2, 0) is 16.1 Å². The van der Waals surface area contributed by atoms with Crippen LogP contribution in [0, 0.1) is 18.8 Å². The summed E-state index contributed by atoms with van der Waals surface area (Å²) in [5.74, 6) is 2.28. The minimum absolute atomic E-state index is 0.00979. The Balaban J connectivity index is 2.15. The molecule has 204 valence electrons. The van der Waals surface area contributed by atoms with Crippen LogP contribution in [0.15, 0.2) is 12.4 Å². The predicted octanol–water partition coefficient (Wildman–Crippen LogP) is 7.81. The molecule has 1 heterocycles. The maximum Gasteiger partial charge on any atom is 0.306 e. The van der Waals surface area contributed by atoms with Crippen molar-refractivity contribution in [3.05, 3.63) is 18.2 Å².